The van der Waals surface area contributed by atoms with Crippen LogP contribution in [-0.2, 0) is 0 Å². The molecule has 1 aromatic rings. The highest BCUT2D eigenvalue weighted by Crippen LogP contribution is 2.39. The lowest BCUT2D eigenvalue weighted by molar-refractivity contribution is 0.0953. The molecule has 28 heavy (non-hydrogen) atoms. The summed E-state index contributed by atoms with van der Waals surface area (Å²) < 4.78 is 17.0. The topological polar surface area (TPSA) is 69.2 Å². The minimum atomic E-state index is -0.270. The van der Waals surface area contributed by atoms with Crippen LogP contribution in [0.3, 0.4) is 0 Å². The quantitative estimate of drug-likeness (QED) is 0.573. The zero-order valence-corrected chi connectivity index (χ0v) is 17.7. The lowest BCUT2D eigenvalue weighted by atomic mass is 9.85. The minimum absolute atomic E-state index is 0.270. The predicted octanol–water partition coefficient (Wildman–Crippen LogP) is 4.96. The van der Waals surface area contributed by atoms with Crippen LogP contribution in [0.15, 0.2) is 17.2 Å². The molecule has 0 aliphatic heterocycles. The average molecular weight is 391 g/mol. The first-order valence-corrected chi connectivity index (χ1v) is 10.5. The van der Waals surface area contributed by atoms with Crippen molar-refractivity contribution in [1.29, 1.82) is 0 Å². The Kier molecular flexibility index (Phi) is 9.11. The standard InChI is InChI=1S/C22H34N2O4/c1-5-9-16-10-12-18(13-11-16)23-24-22(25)17-14-19(26-6-2)21(28-8-4)20(15-17)27-7-3/h14-16H,5-13H2,1-4H3,(H,24,25). The zero-order chi connectivity index (χ0) is 20.4. The molecule has 0 spiro atoms. The number of nitrogens with one attached hydrogen (secondary N) is 1. The van der Waals surface area contributed by atoms with E-state index in [4.69, 9.17) is 14.2 Å². The molecule has 2 rings (SSSR count). The fraction of sp³-hybridized carbons (Fsp3) is 0.636. The van der Waals surface area contributed by atoms with Gasteiger partial charge in [0.2, 0.25) is 5.75 Å². The molecule has 1 N–H and O–H groups in total. The van der Waals surface area contributed by atoms with Crippen LogP contribution in [0.25, 0.3) is 0 Å². The van der Waals surface area contributed by atoms with Gasteiger partial charge in [-0.1, -0.05) is 19.8 Å². The molecule has 1 amide bonds. The summed E-state index contributed by atoms with van der Waals surface area (Å²) in [5, 5.41) is 4.37. The highest BCUT2D eigenvalue weighted by molar-refractivity contribution is 5.96. The first-order chi connectivity index (χ1) is 13.6. The number of hydrazone groups is 1. The minimum Gasteiger partial charge on any atom is -0.490 e. The van der Waals surface area contributed by atoms with Gasteiger partial charge in [0.25, 0.3) is 5.91 Å². The number of amides is 1. The molecule has 0 radical (unpaired) electrons. The van der Waals surface area contributed by atoms with Crippen LogP contribution < -0.4 is 19.6 Å². The van der Waals surface area contributed by atoms with E-state index >= 15 is 0 Å². The van der Waals surface area contributed by atoms with Gasteiger partial charge in [0.1, 0.15) is 0 Å². The molecule has 1 aromatic carbocycles. The molecular formula is C22H34N2O4. The molecule has 156 valence electrons. The van der Waals surface area contributed by atoms with Gasteiger partial charge in [-0.2, -0.15) is 5.10 Å². The zero-order valence-electron chi connectivity index (χ0n) is 17.7. The number of hydrogen-bond acceptors (Lipinski definition) is 5. The molecule has 6 nitrogen and oxygen atoms in total. The second-order valence-corrected chi connectivity index (χ2v) is 6.95. The summed E-state index contributed by atoms with van der Waals surface area (Å²) in [6.07, 6.45) is 6.76. The van der Waals surface area contributed by atoms with Crippen molar-refractivity contribution in [3.63, 3.8) is 0 Å². The smallest absolute Gasteiger partial charge is 0.271 e. The van der Waals surface area contributed by atoms with Crippen molar-refractivity contribution in [3.8, 4) is 17.2 Å². The summed E-state index contributed by atoms with van der Waals surface area (Å²) in [6, 6.07) is 3.37. The summed E-state index contributed by atoms with van der Waals surface area (Å²) >= 11 is 0. The second-order valence-electron chi connectivity index (χ2n) is 6.95. The molecule has 1 saturated carbocycles. The summed E-state index contributed by atoms with van der Waals surface area (Å²) in [6.45, 7) is 9.34. The van der Waals surface area contributed by atoms with Crippen molar-refractivity contribution < 1.29 is 19.0 Å². The number of benzene rings is 1. The number of ether oxygens (including phenoxy) is 3. The fourth-order valence-electron chi connectivity index (χ4n) is 3.53. The van der Waals surface area contributed by atoms with Crippen molar-refractivity contribution in [3.05, 3.63) is 17.7 Å². The van der Waals surface area contributed by atoms with Crippen molar-refractivity contribution in [2.45, 2.75) is 66.2 Å². The Bertz CT molecular complexity index is 635. The van der Waals surface area contributed by atoms with Gasteiger partial charge >= 0.3 is 0 Å². The Morgan fingerprint density at radius 1 is 1.00 bits per heavy atom. The third-order valence-corrected chi connectivity index (χ3v) is 4.87. The van der Waals surface area contributed by atoms with Crippen LogP contribution in [0.5, 0.6) is 17.2 Å². The van der Waals surface area contributed by atoms with Gasteiger partial charge in [0.05, 0.1) is 19.8 Å². The molecule has 1 fully saturated rings. The van der Waals surface area contributed by atoms with Gasteiger partial charge in [-0.05, 0) is 64.5 Å². The molecule has 0 atom stereocenters. The summed E-state index contributed by atoms with van der Waals surface area (Å²) in [4.78, 5) is 12.7. The van der Waals surface area contributed by atoms with Crippen molar-refractivity contribution in [2.75, 3.05) is 19.8 Å². The monoisotopic (exact) mass is 390 g/mol. The Morgan fingerprint density at radius 3 is 2.07 bits per heavy atom. The van der Waals surface area contributed by atoms with Gasteiger partial charge in [-0.3, -0.25) is 4.79 Å². The highest BCUT2D eigenvalue weighted by atomic mass is 16.5. The van der Waals surface area contributed by atoms with Crippen molar-refractivity contribution in [1.82, 2.24) is 5.43 Å². The Morgan fingerprint density at radius 2 is 1.57 bits per heavy atom. The van der Waals surface area contributed by atoms with Gasteiger partial charge in [-0.15, -0.1) is 0 Å². The maximum atomic E-state index is 12.7. The third kappa shape index (κ3) is 6.14. The van der Waals surface area contributed by atoms with Gasteiger partial charge in [0.15, 0.2) is 11.5 Å². The third-order valence-electron chi connectivity index (χ3n) is 4.87. The van der Waals surface area contributed by atoms with E-state index in [-0.39, 0.29) is 5.91 Å². The largest absolute Gasteiger partial charge is 0.490 e. The Hall–Kier alpha value is -2.24. The maximum Gasteiger partial charge on any atom is 0.271 e. The van der Waals surface area contributed by atoms with E-state index in [2.05, 4.69) is 17.5 Å². The summed E-state index contributed by atoms with van der Waals surface area (Å²) in [7, 11) is 0. The Balaban J connectivity index is 2.12. The number of carbonyl (C=O) groups excluding carboxylic acids is 1. The average Bonchev–Trinajstić information content (AvgIpc) is 2.70. The molecular weight excluding hydrogens is 356 g/mol. The van der Waals surface area contributed by atoms with E-state index in [0.29, 0.717) is 42.6 Å². The summed E-state index contributed by atoms with van der Waals surface area (Å²) in [5.41, 5.74) is 4.22. The van der Waals surface area contributed by atoms with Crippen LogP contribution in [-0.4, -0.2) is 31.4 Å². The van der Waals surface area contributed by atoms with E-state index in [1.807, 2.05) is 20.8 Å². The van der Waals surface area contributed by atoms with E-state index in [1.165, 1.54) is 12.8 Å². The first kappa shape index (κ1) is 22.1. The van der Waals surface area contributed by atoms with Crippen molar-refractivity contribution in [2.24, 2.45) is 11.0 Å². The van der Waals surface area contributed by atoms with Crippen LogP contribution in [0.2, 0.25) is 0 Å². The van der Waals surface area contributed by atoms with Gasteiger partial charge in [0, 0.05) is 11.3 Å². The molecule has 0 aromatic heterocycles. The SMILES string of the molecule is CCCC1CCC(=NNC(=O)c2cc(OCC)c(OCC)c(OCC)c2)CC1. The van der Waals surface area contributed by atoms with Crippen LogP contribution >= 0.6 is 0 Å². The predicted molar refractivity (Wildman–Crippen MR) is 112 cm³/mol. The van der Waals surface area contributed by atoms with Crippen LogP contribution in [0.4, 0.5) is 0 Å². The number of rotatable bonds is 10. The lowest BCUT2D eigenvalue weighted by Gasteiger charge is -2.22. The number of carbonyl (C=O) groups is 1. The normalized spacial score (nSPS) is 16.4. The Labute approximate surface area is 168 Å². The van der Waals surface area contributed by atoms with Gasteiger partial charge in [-0.25, -0.2) is 5.43 Å². The van der Waals surface area contributed by atoms with Gasteiger partial charge < -0.3 is 14.2 Å². The highest BCUT2D eigenvalue weighted by Gasteiger charge is 2.20. The van der Waals surface area contributed by atoms with Crippen LogP contribution in [0.1, 0.15) is 76.6 Å². The molecule has 1 aliphatic rings. The van der Waals surface area contributed by atoms with E-state index < -0.39 is 0 Å². The lowest BCUT2D eigenvalue weighted by Crippen LogP contribution is -2.22. The molecule has 0 unspecified atom stereocenters. The molecule has 6 heteroatoms. The first-order valence-electron chi connectivity index (χ1n) is 10.5. The molecule has 1 aliphatic carbocycles. The molecule has 0 bridgehead atoms. The summed E-state index contributed by atoms with van der Waals surface area (Å²) in [5.74, 6) is 2.08. The number of nitrogens with zero attached hydrogens (tertiary/aromatic N) is 1. The molecule has 0 heterocycles. The second kappa shape index (κ2) is 11.6. The van der Waals surface area contributed by atoms with E-state index in [1.54, 1.807) is 12.1 Å². The van der Waals surface area contributed by atoms with E-state index in [0.717, 1.165) is 37.3 Å². The van der Waals surface area contributed by atoms with Crippen LogP contribution in [0, 0.1) is 5.92 Å². The number of hydrogen-bond donors (Lipinski definition) is 1. The van der Waals surface area contributed by atoms with E-state index in [9.17, 15) is 4.79 Å². The molecule has 0 saturated heterocycles. The van der Waals surface area contributed by atoms with Crippen molar-refractivity contribution >= 4 is 11.6 Å². The maximum absolute atomic E-state index is 12.7. The fourth-order valence-corrected chi connectivity index (χ4v) is 3.53.